The van der Waals surface area contributed by atoms with Gasteiger partial charge in [0, 0.05) is 18.6 Å². The molecule has 0 aromatic carbocycles. The fraction of sp³-hybridized carbons (Fsp3) is 1.00. The highest BCUT2D eigenvalue weighted by atomic mass is 15.1. The summed E-state index contributed by atoms with van der Waals surface area (Å²) >= 11 is 0. The van der Waals surface area contributed by atoms with Gasteiger partial charge in [-0.2, -0.15) is 0 Å². The molecule has 1 saturated carbocycles. The summed E-state index contributed by atoms with van der Waals surface area (Å²) in [7, 11) is 0. The summed E-state index contributed by atoms with van der Waals surface area (Å²) in [5, 5.41) is 0. The molecule has 0 saturated heterocycles. The van der Waals surface area contributed by atoms with E-state index in [1.807, 2.05) is 0 Å². The predicted octanol–water partition coefficient (Wildman–Crippen LogP) is 3.51. The monoisotopic (exact) mass is 254 g/mol. The van der Waals surface area contributed by atoms with Crippen LogP contribution < -0.4 is 5.73 Å². The first-order valence-electron chi connectivity index (χ1n) is 7.99. The maximum absolute atomic E-state index is 6.36. The second-order valence-electron chi connectivity index (χ2n) is 6.59. The van der Waals surface area contributed by atoms with Gasteiger partial charge in [-0.05, 0) is 56.9 Å². The third-order valence-corrected chi connectivity index (χ3v) is 5.11. The van der Waals surface area contributed by atoms with Crippen LogP contribution in [0.4, 0.5) is 0 Å². The van der Waals surface area contributed by atoms with E-state index < -0.39 is 0 Å². The Bertz CT molecular complexity index is 227. The molecule has 0 radical (unpaired) electrons. The Labute approximate surface area is 114 Å². The Hall–Kier alpha value is -0.0800. The molecule has 1 aliphatic carbocycles. The Morgan fingerprint density at radius 3 is 2.33 bits per heavy atom. The van der Waals surface area contributed by atoms with Crippen molar-refractivity contribution in [1.82, 2.24) is 4.90 Å². The van der Waals surface area contributed by atoms with Gasteiger partial charge in [-0.15, -0.1) is 0 Å². The SMILES string of the molecule is CCC(C)N(CC)CC1CC(C(C)C)CCC1N. The van der Waals surface area contributed by atoms with E-state index in [4.69, 9.17) is 5.73 Å². The van der Waals surface area contributed by atoms with E-state index in [2.05, 4.69) is 39.5 Å². The van der Waals surface area contributed by atoms with Crippen LogP contribution in [-0.4, -0.2) is 30.1 Å². The van der Waals surface area contributed by atoms with Gasteiger partial charge in [0.2, 0.25) is 0 Å². The van der Waals surface area contributed by atoms with Gasteiger partial charge in [-0.1, -0.05) is 27.7 Å². The van der Waals surface area contributed by atoms with Gasteiger partial charge in [0.25, 0.3) is 0 Å². The van der Waals surface area contributed by atoms with Crippen molar-refractivity contribution in [3.63, 3.8) is 0 Å². The maximum Gasteiger partial charge on any atom is 0.00795 e. The molecule has 2 nitrogen and oxygen atoms in total. The molecule has 18 heavy (non-hydrogen) atoms. The molecule has 108 valence electrons. The van der Waals surface area contributed by atoms with Crippen molar-refractivity contribution in [2.45, 2.75) is 72.4 Å². The molecule has 1 aliphatic rings. The van der Waals surface area contributed by atoms with Gasteiger partial charge >= 0.3 is 0 Å². The first-order chi connectivity index (χ1) is 8.49. The number of nitrogens with two attached hydrogens (primary N) is 1. The second kappa shape index (κ2) is 7.49. The Morgan fingerprint density at radius 2 is 1.83 bits per heavy atom. The highest BCUT2D eigenvalue weighted by Crippen LogP contribution is 2.33. The van der Waals surface area contributed by atoms with E-state index in [9.17, 15) is 0 Å². The quantitative estimate of drug-likeness (QED) is 0.786. The van der Waals surface area contributed by atoms with Gasteiger partial charge in [0.15, 0.2) is 0 Å². The van der Waals surface area contributed by atoms with Gasteiger partial charge in [-0.3, -0.25) is 0 Å². The van der Waals surface area contributed by atoms with Crippen LogP contribution in [0.3, 0.4) is 0 Å². The van der Waals surface area contributed by atoms with E-state index in [0.717, 1.165) is 18.4 Å². The van der Waals surface area contributed by atoms with E-state index in [-0.39, 0.29) is 0 Å². The molecule has 1 fully saturated rings. The molecule has 0 bridgehead atoms. The normalized spacial score (nSPS) is 31.0. The van der Waals surface area contributed by atoms with Gasteiger partial charge in [0.1, 0.15) is 0 Å². The van der Waals surface area contributed by atoms with Crippen LogP contribution >= 0.6 is 0 Å². The molecular weight excluding hydrogens is 220 g/mol. The lowest BCUT2D eigenvalue weighted by Gasteiger charge is -2.40. The van der Waals surface area contributed by atoms with Crippen LogP contribution in [-0.2, 0) is 0 Å². The molecule has 2 N–H and O–H groups in total. The largest absolute Gasteiger partial charge is 0.327 e. The lowest BCUT2D eigenvalue weighted by molar-refractivity contribution is 0.116. The average molecular weight is 254 g/mol. The van der Waals surface area contributed by atoms with E-state index >= 15 is 0 Å². The zero-order valence-corrected chi connectivity index (χ0v) is 13.2. The van der Waals surface area contributed by atoms with Crippen molar-refractivity contribution in [3.8, 4) is 0 Å². The van der Waals surface area contributed by atoms with Crippen LogP contribution in [0.5, 0.6) is 0 Å². The minimum absolute atomic E-state index is 0.429. The fourth-order valence-corrected chi connectivity index (χ4v) is 3.32. The molecule has 4 unspecified atom stereocenters. The molecule has 2 heteroatoms. The molecule has 4 atom stereocenters. The zero-order valence-electron chi connectivity index (χ0n) is 13.2. The summed E-state index contributed by atoms with van der Waals surface area (Å²) in [6.07, 6.45) is 5.14. The Morgan fingerprint density at radius 1 is 1.17 bits per heavy atom. The van der Waals surface area contributed by atoms with Crippen molar-refractivity contribution in [3.05, 3.63) is 0 Å². The van der Waals surface area contributed by atoms with Gasteiger partial charge < -0.3 is 10.6 Å². The predicted molar refractivity (Wildman–Crippen MR) is 80.6 cm³/mol. The molecule has 0 aliphatic heterocycles. The molecule has 0 heterocycles. The van der Waals surface area contributed by atoms with Crippen molar-refractivity contribution in [1.29, 1.82) is 0 Å². The lowest BCUT2D eigenvalue weighted by atomic mass is 9.73. The first-order valence-corrected chi connectivity index (χ1v) is 7.99. The van der Waals surface area contributed by atoms with Gasteiger partial charge in [0.05, 0.1) is 0 Å². The van der Waals surface area contributed by atoms with Crippen LogP contribution in [0.25, 0.3) is 0 Å². The van der Waals surface area contributed by atoms with Crippen molar-refractivity contribution < 1.29 is 0 Å². The average Bonchev–Trinajstić information content (AvgIpc) is 2.36. The summed E-state index contributed by atoms with van der Waals surface area (Å²) < 4.78 is 0. The molecule has 0 amide bonds. The zero-order chi connectivity index (χ0) is 13.7. The summed E-state index contributed by atoms with van der Waals surface area (Å²) in [6.45, 7) is 14.0. The first kappa shape index (κ1) is 16.0. The van der Waals surface area contributed by atoms with E-state index in [0.29, 0.717) is 18.0 Å². The summed E-state index contributed by atoms with van der Waals surface area (Å²) in [6, 6.07) is 1.12. The molecule has 1 rings (SSSR count). The smallest absolute Gasteiger partial charge is 0.00795 e. The molecular formula is C16H34N2. The summed E-state index contributed by atoms with van der Waals surface area (Å²) in [5.74, 6) is 2.42. The third kappa shape index (κ3) is 4.24. The van der Waals surface area contributed by atoms with Crippen molar-refractivity contribution >= 4 is 0 Å². The number of nitrogens with zero attached hydrogens (tertiary/aromatic N) is 1. The summed E-state index contributed by atoms with van der Waals surface area (Å²) in [5.41, 5.74) is 6.36. The molecule has 0 spiro atoms. The molecule has 0 aromatic rings. The standard InChI is InChI=1S/C16H34N2/c1-6-13(5)18(7-2)11-15-10-14(12(3)4)8-9-16(15)17/h12-16H,6-11,17H2,1-5H3. The number of hydrogen-bond donors (Lipinski definition) is 1. The highest BCUT2D eigenvalue weighted by Gasteiger charge is 2.31. The van der Waals surface area contributed by atoms with E-state index in [1.54, 1.807) is 0 Å². The van der Waals surface area contributed by atoms with Crippen LogP contribution in [0, 0.1) is 17.8 Å². The van der Waals surface area contributed by atoms with E-state index in [1.165, 1.54) is 32.2 Å². The molecule has 0 aromatic heterocycles. The van der Waals surface area contributed by atoms with Crippen molar-refractivity contribution in [2.24, 2.45) is 23.5 Å². The second-order valence-corrected chi connectivity index (χ2v) is 6.59. The minimum atomic E-state index is 0.429. The highest BCUT2D eigenvalue weighted by molar-refractivity contribution is 4.86. The third-order valence-electron chi connectivity index (χ3n) is 5.11. The number of rotatable bonds is 6. The van der Waals surface area contributed by atoms with Gasteiger partial charge in [-0.25, -0.2) is 0 Å². The summed E-state index contributed by atoms with van der Waals surface area (Å²) in [4.78, 5) is 2.62. The minimum Gasteiger partial charge on any atom is -0.327 e. The van der Waals surface area contributed by atoms with Crippen molar-refractivity contribution in [2.75, 3.05) is 13.1 Å². The topological polar surface area (TPSA) is 29.3 Å². The van der Waals surface area contributed by atoms with Crippen LogP contribution in [0.1, 0.15) is 60.3 Å². The van der Waals surface area contributed by atoms with Crippen LogP contribution in [0.15, 0.2) is 0 Å². The van der Waals surface area contributed by atoms with Crippen LogP contribution in [0.2, 0.25) is 0 Å². The lowest BCUT2D eigenvalue weighted by Crippen LogP contribution is -2.46. The Balaban J connectivity index is 2.56. The fourth-order valence-electron chi connectivity index (χ4n) is 3.32. The maximum atomic E-state index is 6.36. The Kier molecular flexibility index (Phi) is 6.65. The number of hydrogen-bond acceptors (Lipinski definition) is 2.